The van der Waals surface area contributed by atoms with Crippen molar-refractivity contribution < 1.29 is 9.90 Å². The van der Waals surface area contributed by atoms with E-state index in [4.69, 9.17) is 0 Å². The average Bonchev–Trinajstić information content (AvgIpc) is 2.40. The number of benzene rings is 1. The van der Waals surface area contributed by atoms with E-state index in [1.54, 1.807) is 0 Å². The van der Waals surface area contributed by atoms with Gasteiger partial charge in [-0.3, -0.25) is 4.79 Å². The van der Waals surface area contributed by atoms with Crippen molar-refractivity contribution in [3.63, 3.8) is 0 Å². The van der Waals surface area contributed by atoms with Crippen LogP contribution in [0, 0.1) is 5.92 Å². The molecule has 3 heteroatoms. The molecule has 1 aromatic rings. The van der Waals surface area contributed by atoms with Gasteiger partial charge in [0.15, 0.2) is 0 Å². The van der Waals surface area contributed by atoms with Gasteiger partial charge in [-0.1, -0.05) is 37.3 Å². The molecular formula is C15H21NO2. The van der Waals surface area contributed by atoms with Crippen LogP contribution in [0.1, 0.15) is 25.3 Å². The maximum absolute atomic E-state index is 11.4. The maximum Gasteiger partial charge on any atom is 0.307 e. The molecule has 1 aromatic carbocycles. The van der Waals surface area contributed by atoms with E-state index in [0.29, 0.717) is 0 Å². The van der Waals surface area contributed by atoms with Crippen LogP contribution in [0.2, 0.25) is 0 Å². The van der Waals surface area contributed by atoms with Crippen LogP contribution < -0.4 is 0 Å². The molecule has 1 fully saturated rings. The van der Waals surface area contributed by atoms with Crippen LogP contribution in [0.15, 0.2) is 30.3 Å². The Hall–Kier alpha value is -1.35. The minimum atomic E-state index is -0.691. The van der Waals surface area contributed by atoms with Gasteiger partial charge in [0.2, 0.25) is 0 Å². The molecule has 1 aliphatic heterocycles. The van der Waals surface area contributed by atoms with Gasteiger partial charge in [-0.15, -0.1) is 0 Å². The van der Waals surface area contributed by atoms with Crippen molar-refractivity contribution in [3.8, 4) is 0 Å². The lowest BCUT2D eigenvalue weighted by atomic mass is 9.65. The van der Waals surface area contributed by atoms with Crippen LogP contribution in [-0.2, 0) is 10.2 Å². The summed E-state index contributed by atoms with van der Waals surface area (Å²) in [6.07, 6.45) is 1.84. The summed E-state index contributed by atoms with van der Waals surface area (Å²) in [6.45, 7) is 3.78. The summed E-state index contributed by atoms with van der Waals surface area (Å²) < 4.78 is 0. The zero-order valence-electron chi connectivity index (χ0n) is 11.1. The van der Waals surface area contributed by atoms with Gasteiger partial charge in [0.25, 0.3) is 0 Å². The molecule has 2 rings (SSSR count). The summed E-state index contributed by atoms with van der Waals surface area (Å²) in [7, 11) is 2.10. The predicted molar refractivity (Wildman–Crippen MR) is 71.7 cm³/mol. The summed E-state index contributed by atoms with van der Waals surface area (Å²) in [5.41, 5.74) is 0.965. The second kappa shape index (κ2) is 5.11. The fraction of sp³-hybridized carbons (Fsp3) is 0.533. The lowest BCUT2D eigenvalue weighted by molar-refractivity contribution is -0.144. The van der Waals surface area contributed by atoms with Crippen LogP contribution in [0.3, 0.4) is 0 Å². The highest BCUT2D eigenvalue weighted by Gasteiger charge is 2.43. The van der Waals surface area contributed by atoms with Crippen LogP contribution in [-0.4, -0.2) is 36.1 Å². The van der Waals surface area contributed by atoms with Crippen molar-refractivity contribution in [3.05, 3.63) is 35.9 Å². The highest BCUT2D eigenvalue weighted by molar-refractivity contribution is 5.72. The Morgan fingerprint density at radius 2 is 1.83 bits per heavy atom. The minimum Gasteiger partial charge on any atom is -0.481 e. The first-order valence-electron chi connectivity index (χ1n) is 6.53. The molecule has 1 unspecified atom stereocenters. The second-order valence-corrected chi connectivity index (χ2v) is 5.39. The Morgan fingerprint density at radius 3 is 2.33 bits per heavy atom. The van der Waals surface area contributed by atoms with Crippen molar-refractivity contribution in [1.29, 1.82) is 0 Å². The molecule has 98 valence electrons. The zero-order valence-corrected chi connectivity index (χ0v) is 11.1. The summed E-state index contributed by atoms with van der Waals surface area (Å²) >= 11 is 0. The SMILES string of the molecule is CC(C(=O)O)C1(c2ccccc2)CCN(C)CC1. The fourth-order valence-electron chi connectivity index (χ4n) is 3.00. The van der Waals surface area contributed by atoms with Crippen LogP contribution in [0.5, 0.6) is 0 Å². The van der Waals surface area contributed by atoms with E-state index in [1.165, 1.54) is 5.56 Å². The van der Waals surface area contributed by atoms with E-state index in [9.17, 15) is 9.90 Å². The molecule has 1 N–H and O–H groups in total. The molecule has 0 spiro atoms. The fourth-order valence-corrected chi connectivity index (χ4v) is 3.00. The van der Waals surface area contributed by atoms with Gasteiger partial charge in [0.1, 0.15) is 0 Å². The van der Waals surface area contributed by atoms with Crippen molar-refractivity contribution in [1.82, 2.24) is 4.90 Å². The summed E-state index contributed by atoms with van der Waals surface area (Å²) in [5, 5.41) is 9.41. The van der Waals surface area contributed by atoms with Gasteiger partial charge < -0.3 is 10.0 Å². The van der Waals surface area contributed by atoms with Crippen LogP contribution in [0.4, 0.5) is 0 Å². The largest absolute Gasteiger partial charge is 0.481 e. The Kier molecular flexibility index (Phi) is 3.71. The van der Waals surface area contributed by atoms with E-state index in [-0.39, 0.29) is 11.3 Å². The number of hydrogen-bond acceptors (Lipinski definition) is 2. The van der Waals surface area contributed by atoms with Gasteiger partial charge >= 0.3 is 5.97 Å². The topological polar surface area (TPSA) is 40.5 Å². The molecule has 0 bridgehead atoms. The molecule has 0 radical (unpaired) electrons. The predicted octanol–water partition coefficient (Wildman–Crippen LogP) is 2.37. The van der Waals surface area contributed by atoms with Crippen molar-refractivity contribution in [2.75, 3.05) is 20.1 Å². The third-order valence-electron chi connectivity index (χ3n) is 4.43. The number of aliphatic carboxylic acids is 1. The number of nitrogens with zero attached hydrogens (tertiary/aromatic N) is 1. The minimum absolute atomic E-state index is 0.209. The Labute approximate surface area is 108 Å². The lowest BCUT2D eigenvalue weighted by Crippen LogP contribution is -2.47. The Bertz CT molecular complexity index is 408. The average molecular weight is 247 g/mol. The highest BCUT2D eigenvalue weighted by Crippen LogP contribution is 2.41. The standard InChI is InChI=1S/C15H21NO2/c1-12(14(17)18)15(8-10-16(2)11-9-15)13-6-4-3-5-7-13/h3-7,12H,8-11H2,1-2H3,(H,17,18). The molecule has 1 saturated heterocycles. The van der Waals surface area contributed by atoms with E-state index in [1.807, 2.05) is 25.1 Å². The summed E-state index contributed by atoms with van der Waals surface area (Å²) in [6, 6.07) is 10.1. The molecule has 1 aliphatic rings. The number of rotatable bonds is 3. The molecule has 1 heterocycles. The van der Waals surface area contributed by atoms with Gasteiger partial charge in [0.05, 0.1) is 5.92 Å². The van der Waals surface area contributed by atoms with E-state index < -0.39 is 5.97 Å². The molecule has 1 atom stereocenters. The Morgan fingerprint density at radius 1 is 1.28 bits per heavy atom. The van der Waals surface area contributed by atoms with E-state index in [0.717, 1.165) is 25.9 Å². The van der Waals surface area contributed by atoms with E-state index in [2.05, 4.69) is 24.1 Å². The van der Waals surface area contributed by atoms with Gasteiger partial charge in [0, 0.05) is 5.41 Å². The van der Waals surface area contributed by atoms with Gasteiger partial charge in [-0.2, -0.15) is 0 Å². The number of carboxylic acids is 1. The van der Waals surface area contributed by atoms with Gasteiger partial charge in [-0.05, 0) is 38.5 Å². The van der Waals surface area contributed by atoms with Crippen LogP contribution in [0.25, 0.3) is 0 Å². The first-order chi connectivity index (χ1) is 8.56. The maximum atomic E-state index is 11.4. The molecular weight excluding hydrogens is 226 g/mol. The van der Waals surface area contributed by atoms with E-state index >= 15 is 0 Å². The summed E-state index contributed by atoms with van der Waals surface area (Å²) in [5.74, 6) is -1.03. The number of carboxylic acid groups (broad SMARTS) is 1. The second-order valence-electron chi connectivity index (χ2n) is 5.39. The Balaban J connectivity index is 2.37. The molecule has 0 saturated carbocycles. The van der Waals surface area contributed by atoms with Crippen molar-refractivity contribution in [2.45, 2.75) is 25.2 Å². The lowest BCUT2D eigenvalue weighted by Gasteiger charge is -2.43. The number of piperidine rings is 1. The highest BCUT2D eigenvalue weighted by atomic mass is 16.4. The quantitative estimate of drug-likeness (QED) is 0.891. The van der Waals surface area contributed by atoms with Crippen molar-refractivity contribution in [2.24, 2.45) is 5.92 Å². The van der Waals surface area contributed by atoms with Gasteiger partial charge in [-0.25, -0.2) is 0 Å². The number of likely N-dealkylation sites (tertiary alicyclic amines) is 1. The first-order valence-corrected chi connectivity index (χ1v) is 6.53. The number of hydrogen-bond donors (Lipinski definition) is 1. The first kappa shape index (κ1) is 13.1. The molecule has 18 heavy (non-hydrogen) atoms. The normalized spacial score (nSPS) is 21.4. The third kappa shape index (κ3) is 2.27. The van der Waals surface area contributed by atoms with Crippen LogP contribution >= 0.6 is 0 Å². The zero-order chi connectivity index (χ0) is 13.2. The third-order valence-corrected chi connectivity index (χ3v) is 4.43. The number of carbonyl (C=O) groups is 1. The molecule has 3 nitrogen and oxygen atoms in total. The summed E-state index contributed by atoms with van der Waals surface area (Å²) in [4.78, 5) is 13.7. The monoisotopic (exact) mass is 247 g/mol. The molecule has 0 aliphatic carbocycles. The molecule has 0 aromatic heterocycles. The molecule has 0 amide bonds. The van der Waals surface area contributed by atoms with Crippen molar-refractivity contribution >= 4 is 5.97 Å². The smallest absolute Gasteiger partial charge is 0.307 e.